The number of ether oxygens (including phenoxy) is 4. The van der Waals surface area contributed by atoms with Gasteiger partial charge in [0.1, 0.15) is 13.2 Å². The van der Waals surface area contributed by atoms with Crippen molar-refractivity contribution >= 4 is 24.2 Å². The Labute approximate surface area is 195 Å². The number of benzene rings is 2. The number of methoxy groups -OCH3 is 2. The monoisotopic (exact) mass is 474 g/mol. The molecule has 0 aromatic heterocycles. The van der Waals surface area contributed by atoms with Gasteiger partial charge in [0.25, 0.3) is 0 Å². The Morgan fingerprint density at radius 2 is 1.18 bits per heavy atom. The number of aliphatic hydroxyl groups excluding tert-OH is 2. The van der Waals surface area contributed by atoms with Gasteiger partial charge in [0.15, 0.2) is 23.0 Å². The number of aliphatic hydroxyl groups is 2. The van der Waals surface area contributed by atoms with Gasteiger partial charge in [0, 0.05) is 0 Å². The molecular weight excluding hydrogens is 448 g/mol. The third-order valence-electron chi connectivity index (χ3n) is 4.04. The molecule has 12 nitrogen and oxygen atoms in total. The highest BCUT2D eigenvalue weighted by Gasteiger charge is 2.12. The Hall–Kier alpha value is -4.16. The number of rotatable bonds is 12. The van der Waals surface area contributed by atoms with Crippen LogP contribution in [0.2, 0.25) is 0 Å². The van der Waals surface area contributed by atoms with Crippen LogP contribution in [-0.2, 0) is 9.59 Å². The maximum atomic E-state index is 11.9. The number of hydrogen-bond acceptors (Lipinski definition) is 10. The molecule has 2 aromatic rings. The Balaban J connectivity index is 1.89. The van der Waals surface area contributed by atoms with Crippen LogP contribution >= 0.6 is 0 Å². The Kier molecular flexibility index (Phi) is 10.8. The molecule has 0 fully saturated rings. The fourth-order valence-electron chi connectivity index (χ4n) is 2.51. The van der Waals surface area contributed by atoms with E-state index in [1.807, 2.05) is 0 Å². The molecule has 0 aliphatic heterocycles. The first-order valence-corrected chi connectivity index (χ1v) is 10.0. The first-order valence-electron chi connectivity index (χ1n) is 10.0. The third-order valence-corrected chi connectivity index (χ3v) is 4.04. The predicted molar refractivity (Wildman–Crippen MR) is 123 cm³/mol. The van der Waals surface area contributed by atoms with E-state index in [4.69, 9.17) is 29.2 Å². The number of nitrogens with one attached hydrogen (secondary N) is 2. The highest BCUT2D eigenvalue weighted by Crippen LogP contribution is 2.28. The van der Waals surface area contributed by atoms with E-state index in [0.29, 0.717) is 34.1 Å². The molecule has 0 heterocycles. The highest BCUT2D eigenvalue weighted by atomic mass is 16.5. The summed E-state index contributed by atoms with van der Waals surface area (Å²) in [6.45, 7) is -0.0264. The average molecular weight is 474 g/mol. The normalized spacial score (nSPS) is 10.8. The van der Waals surface area contributed by atoms with Crippen molar-refractivity contribution in [3.63, 3.8) is 0 Å². The van der Waals surface area contributed by atoms with Crippen LogP contribution in [0.15, 0.2) is 46.6 Å². The topological polar surface area (TPSA) is 160 Å². The zero-order valence-electron chi connectivity index (χ0n) is 18.7. The number of hydrogen-bond donors (Lipinski definition) is 4. The van der Waals surface area contributed by atoms with Gasteiger partial charge in [-0.25, -0.2) is 10.9 Å². The lowest BCUT2D eigenvalue weighted by Crippen LogP contribution is -2.35. The molecule has 2 amide bonds. The van der Waals surface area contributed by atoms with Crippen LogP contribution in [0.3, 0.4) is 0 Å². The van der Waals surface area contributed by atoms with Crippen molar-refractivity contribution in [1.29, 1.82) is 0 Å². The minimum absolute atomic E-state index is 0.120. The molecule has 0 aliphatic carbocycles. The van der Waals surface area contributed by atoms with Crippen molar-refractivity contribution in [2.45, 2.75) is 0 Å². The Morgan fingerprint density at radius 1 is 0.765 bits per heavy atom. The molecule has 0 spiro atoms. The SMILES string of the molecule is COc1cc(/C=N/NC(=O)C(=O)N/N=C/c2ccc(OCCO)c(OC)c2)ccc1OCCO. The molecule has 0 aliphatic rings. The van der Waals surface area contributed by atoms with E-state index in [0.717, 1.165) is 0 Å². The molecule has 0 unspecified atom stereocenters. The summed E-state index contributed by atoms with van der Waals surface area (Å²) in [7, 11) is 2.93. The van der Waals surface area contributed by atoms with Crippen LogP contribution in [0.4, 0.5) is 0 Å². The molecule has 0 bridgehead atoms. The quantitative estimate of drug-likeness (QED) is 0.191. The lowest BCUT2D eigenvalue weighted by molar-refractivity contribution is -0.139. The van der Waals surface area contributed by atoms with Gasteiger partial charge in [0.05, 0.1) is 39.9 Å². The molecule has 12 heteroatoms. The minimum Gasteiger partial charge on any atom is -0.493 e. The van der Waals surface area contributed by atoms with Crippen molar-refractivity contribution in [3.05, 3.63) is 47.5 Å². The van der Waals surface area contributed by atoms with Crippen LogP contribution < -0.4 is 29.8 Å². The number of carbonyl (C=O) groups is 2. The summed E-state index contributed by atoms with van der Waals surface area (Å²) in [4.78, 5) is 23.8. The lowest BCUT2D eigenvalue weighted by atomic mass is 10.2. The summed E-state index contributed by atoms with van der Waals surface area (Å²) in [5.74, 6) is -0.317. The van der Waals surface area contributed by atoms with Crippen LogP contribution in [0.1, 0.15) is 11.1 Å². The first-order chi connectivity index (χ1) is 16.5. The smallest absolute Gasteiger partial charge is 0.331 e. The van der Waals surface area contributed by atoms with Gasteiger partial charge in [-0.15, -0.1) is 0 Å². The summed E-state index contributed by atoms with van der Waals surface area (Å²) < 4.78 is 21.1. The molecular formula is C22H26N4O8. The van der Waals surface area contributed by atoms with E-state index in [1.54, 1.807) is 36.4 Å². The van der Waals surface area contributed by atoms with E-state index in [9.17, 15) is 9.59 Å². The van der Waals surface area contributed by atoms with Gasteiger partial charge in [-0.3, -0.25) is 9.59 Å². The van der Waals surface area contributed by atoms with Crippen LogP contribution in [0, 0.1) is 0 Å². The second-order valence-electron chi connectivity index (χ2n) is 6.36. The minimum atomic E-state index is -1.02. The standard InChI is InChI=1S/C22H26N4O8/c1-31-19-11-15(3-5-17(19)33-9-7-27)13-23-25-21(29)22(30)26-24-14-16-4-6-18(34-10-8-28)20(12-16)32-2/h3-6,11-14,27-28H,7-10H2,1-2H3,(H,25,29)(H,26,30)/b23-13+,24-14+. The van der Waals surface area contributed by atoms with Gasteiger partial charge >= 0.3 is 11.8 Å². The summed E-state index contributed by atoms with van der Waals surface area (Å²) >= 11 is 0. The van der Waals surface area contributed by atoms with Gasteiger partial charge in [-0.2, -0.15) is 10.2 Å². The first kappa shape index (κ1) is 26.1. The van der Waals surface area contributed by atoms with Gasteiger partial charge in [-0.1, -0.05) is 0 Å². The fraction of sp³-hybridized carbons (Fsp3) is 0.273. The molecule has 0 atom stereocenters. The van der Waals surface area contributed by atoms with Crippen molar-refractivity contribution in [3.8, 4) is 23.0 Å². The van der Waals surface area contributed by atoms with Crippen LogP contribution in [0.25, 0.3) is 0 Å². The molecule has 34 heavy (non-hydrogen) atoms. The predicted octanol–water partition coefficient (Wildman–Crippen LogP) is 0.0464. The summed E-state index contributed by atoms with van der Waals surface area (Å²) in [6.07, 6.45) is 2.64. The Morgan fingerprint density at radius 3 is 1.53 bits per heavy atom. The number of amides is 2. The fourth-order valence-corrected chi connectivity index (χ4v) is 2.51. The molecule has 2 rings (SSSR count). The summed E-state index contributed by atoms with van der Waals surface area (Å²) in [5.41, 5.74) is 5.34. The van der Waals surface area contributed by atoms with Crippen molar-refractivity contribution in [1.82, 2.24) is 10.9 Å². The summed E-state index contributed by atoms with van der Waals surface area (Å²) in [6, 6.07) is 9.79. The van der Waals surface area contributed by atoms with Crippen molar-refractivity contribution in [2.75, 3.05) is 40.6 Å². The van der Waals surface area contributed by atoms with E-state index in [2.05, 4.69) is 21.1 Å². The van der Waals surface area contributed by atoms with Crippen LogP contribution in [-0.4, -0.2) is 75.1 Å². The maximum absolute atomic E-state index is 11.9. The highest BCUT2D eigenvalue weighted by molar-refractivity contribution is 6.35. The van der Waals surface area contributed by atoms with Gasteiger partial charge < -0.3 is 29.2 Å². The second-order valence-corrected chi connectivity index (χ2v) is 6.36. The number of nitrogens with zero attached hydrogens (tertiary/aromatic N) is 2. The maximum Gasteiger partial charge on any atom is 0.331 e. The van der Waals surface area contributed by atoms with Gasteiger partial charge in [0.2, 0.25) is 0 Å². The number of hydrazone groups is 2. The van der Waals surface area contributed by atoms with E-state index in [1.165, 1.54) is 26.6 Å². The molecule has 182 valence electrons. The zero-order valence-corrected chi connectivity index (χ0v) is 18.7. The van der Waals surface area contributed by atoms with E-state index >= 15 is 0 Å². The van der Waals surface area contributed by atoms with E-state index < -0.39 is 11.8 Å². The van der Waals surface area contributed by atoms with Gasteiger partial charge in [-0.05, 0) is 47.5 Å². The molecule has 0 saturated heterocycles. The molecule has 4 N–H and O–H groups in total. The number of carbonyl (C=O) groups excluding carboxylic acids is 2. The molecule has 0 saturated carbocycles. The Bertz CT molecular complexity index is 944. The van der Waals surface area contributed by atoms with Crippen molar-refractivity contribution < 1.29 is 38.7 Å². The summed E-state index contributed by atoms with van der Waals surface area (Å²) in [5, 5.41) is 25.1. The zero-order chi connectivity index (χ0) is 24.8. The van der Waals surface area contributed by atoms with Crippen molar-refractivity contribution in [2.24, 2.45) is 10.2 Å². The van der Waals surface area contributed by atoms with E-state index in [-0.39, 0.29) is 26.4 Å². The third kappa shape index (κ3) is 8.07. The van der Waals surface area contributed by atoms with Crippen LogP contribution in [0.5, 0.6) is 23.0 Å². The molecule has 0 radical (unpaired) electrons. The molecule has 2 aromatic carbocycles. The average Bonchev–Trinajstić information content (AvgIpc) is 2.86. The second kappa shape index (κ2) is 14.1. The largest absolute Gasteiger partial charge is 0.493 e. The lowest BCUT2D eigenvalue weighted by Gasteiger charge is -2.10.